The third-order valence-corrected chi connectivity index (χ3v) is 5.48. The van der Waals surface area contributed by atoms with Crippen LogP contribution in [0.1, 0.15) is 38.5 Å². The Morgan fingerprint density at radius 2 is 1.96 bits per heavy atom. The molecule has 154 valence electrons. The van der Waals surface area contributed by atoms with Crippen LogP contribution in [-0.4, -0.2) is 48.4 Å². The lowest BCUT2D eigenvalue weighted by atomic mass is 9.85. The Morgan fingerprint density at radius 3 is 2.64 bits per heavy atom. The summed E-state index contributed by atoms with van der Waals surface area (Å²) in [5.41, 5.74) is 0.0948. The van der Waals surface area contributed by atoms with Crippen molar-refractivity contribution in [3.05, 3.63) is 30.1 Å². The molecule has 28 heavy (non-hydrogen) atoms. The molecule has 2 aliphatic rings. The molecule has 0 radical (unpaired) electrons. The zero-order valence-electron chi connectivity index (χ0n) is 15.8. The fourth-order valence-electron chi connectivity index (χ4n) is 3.57. The number of aliphatic hydroxyl groups excluding tert-OH is 1. The average Bonchev–Trinajstić information content (AvgIpc) is 2.63. The molecule has 1 saturated carbocycles. The van der Waals surface area contributed by atoms with Crippen molar-refractivity contribution in [2.24, 2.45) is 5.92 Å². The van der Waals surface area contributed by atoms with Gasteiger partial charge in [0.2, 0.25) is 5.91 Å². The average molecular weight is 393 g/mol. The van der Waals surface area contributed by atoms with E-state index in [9.17, 15) is 19.1 Å². The van der Waals surface area contributed by atoms with Crippen LogP contribution in [0.4, 0.5) is 14.9 Å². The van der Waals surface area contributed by atoms with E-state index in [-0.39, 0.29) is 36.3 Å². The Morgan fingerprint density at radius 1 is 1.18 bits per heavy atom. The van der Waals surface area contributed by atoms with Gasteiger partial charge in [-0.1, -0.05) is 18.6 Å². The number of hydrogen-bond donors (Lipinski definition) is 4. The van der Waals surface area contributed by atoms with Gasteiger partial charge in [-0.2, -0.15) is 0 Å². The van der Waals surface area contributed by atoms with Gasteiger partial charge in [0.1, 0.15) is 11.9 Å². The quantitative estimate of drug-likeness (QED) is 0.570. The van der Waals surface area contributed by atoms with Crippen molar-refractivity contribution in [1.29, 1.82) is 0 Å². The number of ether oxygens (including phenoxy) is 1. The van der Waals surface area contributed by atoms with Gasteiger partial charge in [0.25, 0.3) is 0 Å². The summed E-state index contributed by atoms with van der Waals surface area (Å²) >= 11 is 0. The molecule has 1 saturated heterocycles. The molecule has 1 heterocycles. The van der Waals surface area contributed by atoms with Crippen molar-refractivity contribution in [3.8, 4) is 0 Å². The van der Waals surface area contributed by atoms with Crippen molar-refractivity contribution >= 4 is 17.6 Å². The van der Waals surface area contributed by atoms with Crippen molar-refractivity contribution < 1.29 is 23.8 Å². The number of aliphatic hydroxyl groups is 1. The molecule has 8 heteroatoms. The van der Waals surface area contributed by atoms with Crippen LogP contribution >= 0.6 is 0 Å². The summed E-state index contributed by atoms with van der Waals surface area (Å²) in [6.45, 7) is 0.319. The zero-order chi connectivity index (χ0) is 19.9. The fraction of sp³-hybridized carbons (Fsp3) is 0.600. The molecule has 7 nitrogen and oxygen atoms in total. The van der Waals surface area contributed by atoms with E-state index in [1.807, 2.05) is 0 Å². The van der Waals surface area contributed by atoms with E-state index < -0.39 is 18.0 Å². The van der Waals surface area contributed by atoms with Gasteiger partial charge in [-0.3, -0.25) is 4.79 Å². The number of amides is 3. The normalized spacial score (nSPS) is 24.9. The van der Waals surface area contributed by atoms with Crippen molar-refractivity contribution in [3.63, 3.8) is 0 Å². The van der Waals surface area contributed by atoms with E-state index in [1.54, 1.807) is 12.1 Å². The highest BCUT2D eigenvalue weighted by Crippen LogP contribution is 2.26. The van der Waals surface area contributed by atoms with Crippen LogP contribution in [0.25, 0.3) is 0 Å². The smallest absolute Gasteiger partial charge is 0.319 e. The van der Waals surface area contributed by atoms with E-state index in [4.69, 9.17) is 4.74 Å². The maximum atomic E-state index is 13.6. The summed E-state index contributed by atoms with van der Waals surface area (Å²) < 4.78 is 19.5. The molecule has 0 bridgehead atoms. The van der Waals surface area contributed by atoms with Gasteiger partial charge in [0.05, 0.1) is 24.4 Å². The second-order valence-electron chi connectivity index (χ2n) is 7.45. The number of halogens is 1. The Hall–Kier alpha value is -2.19. The highest BCUT2D eigenvalue weighted by Gasteiger charge is 2.32. The van der Waals surface area contributed by atoms with Crippen LogP contribution in [-0.2, 0) is 9.53 Å². The molecule has 1 aromatic rings. The van der Waals surface area contributed by atoms with Crippen LogP contribution in [0.3, 0.4) is 0 Å². The molecule has 1 aliphatic carbocycles. The SMILES string of the molecule is O=C(Nc1ccccc1F)N[C@H]1CC[C@H](CCNC(=O)C2CCC2)O[C@@H]1CO. The van der Waals surface area contributed by atoms with Crippen molar-refractivity contribution in [2.45, 2.75) is 56.8 Å². The predicted molar refractivity (Wildman–Crippen MR) is 102 cm³/mol. The zero-order valence-corrected chi connectivity index (χ0v) is 15.8. The Balaban J connectivity index is 1.41. The third-order valence-electron chi connectivity index (χ3n) is 5.48. The largest absolute Gasteiger partial charge is 0.394 e. The minimum atomic E-state index is -0.539. The van der Waals surface area contributed by atoms with Gasteiger partial charge < -0.3 is 25.8 Å². The van der Waals surface area contributed by atoms with E-state index >= 15 is 0 Å². The molecule has 3 rings (SSSR count). The third kappa shape index (κ3) is 5.42. The first-order valence-corrected chi connectivity index (χ1v) is 9.93. The lowest BCUT2D eigenvalue weighted by Crippen LogP contribution is -2.52. The number of rotatable bonds is 7. The number of nitrogens with one attached hydrogen (secondary N) is 3. The number of para-hydroxylation sites is 1. The molecule has 1 aliphatic heterocycles. The molecule has 1 aromatic carbocycles. The predicted octanol–water partition coefficient (Wildman–Crippen LogP) is 2.16. The maximum Gasteiger partial charge on any atom is 0.319 e. The Labute approximate surface area is 164 Å². The fourth-order valence-corrected chi connectivity index (χ4v) is 3.57. The number of urea groups is 1. The molecule has 4 N–H and O–H groups in total. The number of hydrogen-bond acceptors (Lipinski definition) is 4. The molecule has 0 unspecified atom stereocenters. The standard InChI is InChI=1S/C20H28FN3O4/c21-15-6-1-2-7-16(15)23-20(27)24-17-9-8-14(28-18(17)12-25)10-11-22-19(26)13-4-3-5-13/h1-2,6-7,13-14,17-18,25H,3-5,8-12H2,(H,22,26)(H2,23,24,27)/t14-,17+,18-/m1/s1. The second-order valence-corrected chi connectivity index (χ2v) is 7.45. The molecular weight excluding hydrogens is 365 g/mol. The molecule has 2 fully saturated rings. The van der Waals surface area contributed by atoms with E-state index in [0.29, 0.717) is 25.8 Å². The first-order chi connectivity index (χ1) is 13.6. The second kappa shape index (κ2) is 9.84. The number of anilines is 1. The summed E-state index contributed by atoms with van der Waals surface area (Å²) in [4.78, 5) is 24.0. The minimum absolute atomic E-state index is 0.0773. The molecule has 3 amide bonds. The van der Waals surface area contributed by atoms with E-state index in [2.05, 4.69) is 16.0 Å². The summed E-state index contributed by atoms with van der Waals surface area (Å²) in [5, 5.41) is 17.8. The van der Waals surface area contributed by atoms with Gasteiger partial charge in [0, 0.05) is 12.5 Å². The maximum absolute atomic E-state index is 13.6. The van der Waals surface area contributed by atoms with Crippen LogP contribution in [0, 0.1) is 11.7 Å². The summed E-state index contributed by atoms with van der Waals surface area (Å²) in [6, 6.07) is 5.02. The van der Waals surface area contributed by atoms with Crippen molar-refractivity contribution in [2.75, 3.05) is 18.5 Å². The van der Waals surface area contributed by atoms with Crippen LogP contribution in [0.2, 0.25) is 0 Å². The highest BCUT2D eigenvalue weighted by atomic mass is 19.1. The Kier molecular flexibility index (Phi) is 7.22. The van der Waals surface area contributed by atoms with Crippen molar-refractivity contribution in [1.82, 2.24) is 10.6 Å². The number of benzene rings is 1. The van der Waals surface area contributed by atoms with Crippen LogP contribution < -0.4 is 16.0 Å². The molecular formula is C20H28FN3O4. The molecule has 0 spiro atoms. The first kappa shape index (κ1) is 20.5. The Bertz CT molecular complexity index is 683. The van der Waals surface area contributed by atoms with Crippen LogP contribution in [0.15, 0.2) is 24.3 Å². The number of carbonyl (C=O) groups excluding carboxylic acids is 2. The molecule has 0 aromatic heterocycles. The minimum Gasteiger partial charge on any atom is -0.394 e. The summed E-state index contributed by atoms with van der Waals surface area (Å²) in [6.07, 6.45) is 4.47. The van der Waals surface area contributed by atoms with Gasteiger partial charge >= 0.3 is 6.03 Å². The monoisotopic (exact) mass is 393 g/mol. The van der Waals surface area contributed by atoms with E-state index in [0.717, 1.165) is 19.3 Å². The van der Waals surface area contributed by atoms with Gasteiger partial charge in [-0.15, -0.1) is 0 Å². The van der Waals surface area contributed by atoms with Gasteiger partial charge in [-0.05, 0) is 44.2 Å². The summed E-state index contributed by atoms with van der Waals surface area (Å²) in [5.74, 6) is -0.232. The lowest BCUT2D eigenvalue weighted by molar-refractivity contribution is -0.127. The van der Waals surface area contributed by atoms with Gasteiger partial charge in [-0.25, -0.2) is 9.18 Å². The summed E-state index contributed by atoms with van der Waals surface area (Å²) in [7, 11) is 0. The number of carbonyl (C=O) groups is 2. The van der Waals surface area contributed by atoms with Crippen LogP contribution in [0.5, 0.6) is 0 Å². The van der Waals surface area contributed by atoms with Gasteiger partial charge in [0.15, 0.2) is 0 Å². The topological polar surface area (TPSA) is 99.7 Å². The van der Waals surface area contributed by atoms with E-state index in [1.165, 1.54) is 12.1 Å². The molecule has 3 atom stereocenters. The lowest BCUT2D eigenvalue weighted by Gasteiger charge is -2.36. The first-order valence-electron chi connectivity index (χ1n) is 9.93. The highest BCUT2D eigenvalue weighted by molar-refractivity contribution is 5.89.